The topological polar surface area (TPSA) is 62.7 Å². The molecule has 116 valence electrons. The summed E-state index contributed by atoms with van der Waals surface area (Å²) in [6.45, 7) is 1.88. The zero-order valence-corrected chi connectivity index (χ0v) is 13.4. The van der Waals surface area contributed by atoms with Crippen LogP contribution in [-0.2, 0) is 0 Å². The lowest BCUT2D eigenvalue weighted by Crippen LogP contribution is -2.28. The summed E-state index contributed by atoms with van der Waals surface area (Å²) in [6, 6.07) is 18.5. The van der Waals surface area contributed by atoms with Crippen LogP contribution in [0.15, 0.2) is 60.7 Å². The van der Waals surface area contributed by atoms with E-state index in [1.165, 1.54) is 0 Å². The van der Waals surface area contributed by atoms with Crippen LogP contribution in [0.4, 0.5) is 0 Å². The number of rotatable bonds is 4. The average molecular weight is 324 g/mol. The fraction of sp³-hybridized carbons (Fsp3) is 0.118. The van der Waals surface area contributed by atoms with E-state index in [9.17, 15) is 4.79 Å². The van der Waals surface area contributed by atoms with Crippen LogP contribution in [0.1, 0.15) is 29.1 Å². The third kappa shape index (κ3) is 3.22. The van der Waals surface area contributed by atoms with Gasteiger partial charge in [0.25, 0.3) is 5.91 Å². The molecule has 2 N–H and O–H groups in total. The summed E-state index contributed by atoms with van der Waals surface area (Å²) in [4.78, 5) is 12.3. The molecule has 0 radical (unpaired) electrons. The Morgan fingerprint density at radius 3 is 2.39 bits per heavy atom. The fourth-order valence-electron chi connectivity index (χ4n) is 2.36. The predicted octanol–water partition coefficient (Wildman–Crippen LogP) is 3.42. The Balaban J connectivity index is 1.88. The van der Waals surface area contributed by atoms with E-state index in [2.05, 4.69) is 15.5 Å². The molecule has 1 heterocycles. The number of amides is 1. The number of aromatic nitrogens is 3. The van der Waals surface area contributed by atoms with E-state index in [0.717, 1.165) is 5.69 Å². The van der Waals surface area contributed by atoms with Crippen molar-refractivity contribution in [3.8, 4) is 5.69 Å². The minimum atomic E-state index is -0.295. The standard InChI is InChI=1S/C17H16N4OS/c1-12(18-16(22)13-8-4-2-5-9-13)15-19-20-17(23)21(15)14-10-6-3-7-11-14/h2-12H,1H3,(H,18,22)(H,20,23)/t12-/m1/s1. The van der Waals surface area contributed by atoms with Crippen LogP contribution in [0, 0.1) is 4.77 Å². The zero-order valence-electron chi connectivity index (χ0n) is 12.6. The monoisotopic (exact) mass is 324 g/mol. The Labute approximate surface area is 139 Å². The molecule has 1 atom stereocenters. The summed E-state index contributed by atoms with van der Waals surface area (Å²) in [5, 5.41) is 10.0. The lowest BCUT2D eigenvalue weighted by molar-refractivity contribution is 0.0938. The van der Waals surface area contributed by atoms with Gasteiger partial charge >= 0.3 is 0 Å². The second-order valence-electron chi connectivity index (χ2n) is 5.12. The van der Waals surface area contributed by atoms with Crippen molar-refractivity contribution in [3.63, 3.8) is 0 Å². The number of aromatic amines is 1. The van der Waals surface area contributed by atoms with Crippen LogP contribution >= 0.6 is 12.2 Å². The lowest BCUT2D eigenvalue weighted by Gasteiger charge is -2.15. The third-order valence-electron chi connectivity index (χ3n) is 3.48. The highest BCUT2D eigenvalue weighted by Crippen LogP contribution is 2.17. The molecule has 0 bridgehead atoms. The number of H-pyrrole nitrogens is 1. The van der Waals surface area contributed by atoms with Crippen LogP contribution in [0.5, 0.6) is 0 Å². The quantitative estimate of drug-likeness (QED) is 0.723. The fourth-order valence-corrected chi connectivity index (χ4v) is 2.60. The molecule has 0 spiro atoms. The first-order chi connectivity index (χ1) is 11.2. The highest BCUT2D eigenvalue weighted by molar-refractivity contribution is 7.71. The summed E-state index contributed by atoms with van der Waals surface area (Å²) in [5.74, 6) is 0.511. The molecule has 0 unspecified atom stereocenters. The van der Waals surface area contributed by atoms with E-state index in [0.29, 0.717) is 16.2 Å². The molecule has 5 nitrogen and oxygen atoms in total. The van der Waals surface area contributed by atoms with E-state index in [1.54, 1.807) is 12.1 Å². The number of para-hydroxylation sites is 1. The molecule has 3 aromatic rings. The molecule has 0 aliphatic rings. The Hall–Kier alpha value is -2.73. The van der Waals surface area contributed by atoms with Crippen LogP contribution in [0.2, 0.25) is 0 Å². The maximum absolute atomic E-state index is 12.3. The van der Waals surface area contributed by atoms with Gasteiger partial charge in [-0.3, -0.25) is 14.5 Å². The highest BCUT2D eigenvalue weighted by Gasteiger charge is 2.18. The van der Waals surface area contributed by atoms with Gasteiger partial charge in [0.1, 0.15) is 0 Å². The van der Waals surface area contributed by atoms with Crippen molar-refractivity contribution in [3.05, 3.63) is 76.8 Å². The maximum Gasteiger partial charge on any atom is 0.251 e. The molecule has 1 aromatic heterocycles. The maximum atomic E-state index is 12.3. The summed E-state index contributed by atoms with van der Waals surface area (Å²) < 4.78 is 2.32. The minimum absolute atomic E-state index is 0.147. The number of nitrogens with one attached hydrogen (secondary N) is 2. The molecular weight excluding hydrogens is 308 g/mol. The van der Waals surface area contributed by atoms with Crippen molar-refractivity contribution in [2.75, 3.05) is 0 Å². The van der Waals surface area contributed by atoms with Crippen molar-refractivity contribution in [2.45, 2.75) is 13.0 Å². The van der Waals surface area contributed by atoms with Crippen LogP contribution < -0.4 is 5.32 Å². The molecule has 0 fully saturated rings. The van der Waals surface area contributed by atoms with Gasteiger partial charge in [0.2, 0.25) is 0 Å². The van der Waals surface area contributed by atoms with E-state index >= 15 is 0 Å². The highest BCUT2D eigenvalue weighted by atomic mass is 32.1. The average Bonchev–Trinajstić information content (AvgIpc) is 2.98. The van der Waals surface area contributed by atoms with E-state index in [4.69, 9.17) is 12.2 Å². The second kappa shape index (κ2) is 6.58. The molecule has 0 saturated heterocycles. The van der Waals surface area contributed by atoms with Gasteiger partial charge in [0, 0.05) is 11.3 Å². The Morgan fingerprint density at radius 2 is 1.74 bits per heavy atom. The van der Waals surface area contributed by atoms with Crippen LogP contribution in [0.25, 0.3) is 5.69 Å². The minimum Gasteiger partial charge on any atom is -0.342 e. The second-order valence-corrected chi connectivity index (χ2v) is 5.51. The van der Waals surface area contributed by atoms with Crippen molar-refractivity contribution < 1.29 is 4.79 Å². The van der Waals surface area contributed by atoms with Crippen LogP contribution in [0.3, 0.4) is 0 Å². The van der Waals surface area contributed by atoms with Crippen molar-refractivity contribution in [1.29, 1.82) is 0 Å². The smallest absolute Gasteiger partial charge is 0.251 e. The van der Waals surface area contributed by atoms with Gasteiger partial charge in [-0.25, -0.2) is 0 Å². The van der Waals surface area contributed by atoms with Crippen molar-refractivity contribution in [1.82, 2.24) is 20.1 Å². The molecule has 0 aliphatic heterocycles. The number of hydrogen-bond donors (Lipinski definition) is 2. The summed E-state index contributed by atoms with van der Waals surface area (Å²) >= 11 is 5.31. The molecule has 2 aromatic carbocycles. The predicted molar refractivity (Wildman–Crippen MR) is 91.1 cm³/mol. The van der Waals surface area contributed by atoms with Gasteiger partial charge in [-0.15, -0.1) is 0 Å². The summed E-state index contributed by atoms with van der Waals surface area (Å²) in [7, 11) is 0. The van der Waals surface area contributed by atoms with E-state index in [-0.39, 0.29) is 11.9 Å². The number of carbonyl (C=O) groups is 1. The van der Waals surface area contributed by atoms with Gasteiger partial charge in [-0.05, 0) is 43.4 Å². The first-order valence-electron chi connectivity index (χ1n) is 7.25. The van der Waals surface area contributed by atoms with Crippen molar-refractivity contribution >= 4 is 18.1 Å². The molecule has 6 heteroatoms. The van der Waals surface area contributed by atoms with Crippen LogP contribution in [-0.4, -0.2) is 20.7 Å². The van der Waals surface area contributed by atoms with Gasteiger partial charge in [0.15, 0.2) is 10.6 Å². The van der Waals surface area contributed by atoms with Gasteiger partial charge in [0.05, 0.1) is 6.04 Å². The molecule has 0 aliphatic carbocycles. The third-order valence-corrected chi connectivity index (χ3v) is 3.76. The number of benzene rings is 2. The first-order valence-corrected chi connectivity index (χ1v) is 7.66. The Kier molecular flexibility index (Phi) is 4.34. The van der Waals surface area contributed by atoms with E-state index < -0.39 is 0 Å². The SMILES string of the molecule is C[C@@H](NC(=O)c1ccccc1)c1n[nH]c(=S)n1-c1ccccc1. The molecule has 23 heavy (non-hydrogen) atoms. The number of hydrogen-bond acceptors (Lipinski definition) is 3. The first kappa shape index (κ1) is 15.2. The van der Waals surface area contributed by atoms with Crippen molar-refractivity contribution in [2.24, 2.45) is 0 Å². The molecular formula is C17H16N4OS. The molecule has 0 saturated carbocycles. The summed E-state index contributed by atoms with van der Waals surface area (Å²) in [5.41, 5.74) is 1.52. The van der Waals surface area contributed by atoms with Gasteiger partial charge in [-0.1, -0.05) is 36.4 Å². The summed E-state index contributed by atoms with van der Waals surface area (Å²) in [6.07, 6.45) is 0. The van der Waals surface area contributed by atoms with Gasteiger partial charge in [-0.2, -0.15) is 5.10 Å². The molecule has 1 amide bonds. The van der Waals surface area contributed by atoms with Gasteiger partial charge < -0.3 is 5.32 Å². The zero-order chi connectivity index (χ0) is 16.2. The molecule has 3 rings (SSSR count). The Morgan fingerprint density at radius 1 is 1.13 bits per heavy atom. The Bertz CT molecular complexity index is 855. The number of nitrogens with zero attached hydrogens (tertiary/aromatic N) is 2. The largest absolute Gasteiger partial charge is 0.342 e. The lowest BCUT2D eigenvalue weighted by atomic mass is 10.2. The number of carbonyl (C=O) groups excluding carboxylic acids is 1. The van der Waals surface area contributed by atoms with E-state index in [1.807, 2.05) is 60.0 Å². The normalized spacial score (nSPS) is 11.9.